The van der Waals surface area contributed by atoms with Gasteiger partial charge in [-0.3, -0.25) is 10.1 Å². The van der Waals surface area contributed by atoms with Crippen molar-refractivity contribution in [2.45, 2.75) is 50.1 Å². The Kier molecular flexibility index (Phi) is 3.45. The molecular weight excluding hydrogens is 240 g/mol. The highest BCUT2D eigenvalue weighted by Crippen LogP contribution is 2.27. The summed E-state index contributed by atoms with van der Waals surface area (Å²) in [7, 11) is -3.14. The van der Waals surface area contributed by atoms with E-state index in [9.17, 15) is 13.2 Å². The number of amides is 1. The van der Waals surface area contributed by atoms with Gasteiger partial charge in [-0.05, 0) is 25.7 Å². The summed E-state index contributed by atoms with van der Waals surface area (Å²) in [5, 5.41) is 3.23. The molecule has 17 heavy (non-hydrogen) atoms. The van der Waals surface area contributed by atoms with Crippen molar-refractivity contribution in [1.82, 2.24) is 5.32 Å². The SMILES string of the molecule is NC(=O)C1(NC2CCCC2)CCCS(=O)(=O)C1. The lowest BCUT2D eigenvalue weighted by Gasteiger charge is -2.37. The van der Waals surface area contributed by atoms with E-state index in [0.29, 0.717) is 12.8 Å². The van der Waals surface area contributed by atoms with Gasteiger partial charge < -0.3 is 5.73 Å². The summed E-state index contributed by atoms with van der Waals surface area (Å²) in [6.45, 7) is 0. The molecule has 0 aromatic heterocycles. The Morgan fingerprint density at radius 1 is 1.24 bits per heavy atom. The van der Waals surface area contributed by atoms with Gasteiger partial charge in [0.05, 0.1) is 11.5 Å². The monoisotopic (exact) mass is 260 g/mol. The minimum absolute atomic E-state index is 0.133. The van der Waals surface area contributed by atoms with Crippen LogP contribution in [-0.4, -0.2) is 37.4 Å². The first-order valence-electron chi connectivity index (χ1n) is 6.22. The van der Waals surface area contributed by atoms with Crippen molar-refractivity contribution in [2.75, 3.05) is 11.5 Å². The van der Waals surface area contributed by atoms with E-state index >= 15 is 0 Å². The first kappa shape index (κ1) is 12.8. The number of carbonyl (C=O) groups is 1. The first-order chi connectivity index (χ1) is 7.94. The normalized spacial score (nSPS) is 33.6. The van der Waals surface area contributed by atoms with Crippen LogP contribution in [0.25, 0.3) is 0 Å². The lowest BCUT2D eigenvalue weighted by atomic mass is 9.93. The maximum absolute atomic E-state index is 11.7. The van der Waals surface area contributed by atoms with Crippen molar-refractivity contribution in [3.8, 4) is 0 Å². The van der Waals surface area contributed by atoms with Gasteiger partial charge in [0.1, 0.15) is 5.54 Å². The van der Waals surface area contributed by atoms with Crippen LogP contribution in [0.15, 0.2) is 0 Å². The van der Waals surface area contributed by atoms with Crippen molar-refractivity contribution in [3.05, 3.63) is 0 Å². The topological polar surface area (TPSA) is 89.3 Å². The largest absolute Gasteiger partial charge is 0.368 e. The minimum atomic E-state index is -3.14. The molecule has 0 aromatic carbocycles. The Hall–Kier alpha value is -0.620. The molecule has 1 heterocycles. The maximum atomic E-state index is 11.7. The fourth-order valence-corrected chi connectivity index (χ4v) is 4.80. The molecule has 98 valence electrons. The molecule has 2 fully saturated rings. The summed E-state index contributed by atoms with van der Waals surface area (Å²) in [4.78, 5) is 11.6. The Labute approximate surface area is 102 Å². The molecule has 1 saturated heterocycles. The van der Waals surface area contributed by atoms with Gasteiger partial charge in [-0.1, -0.05) is 12.8 Å². The second-order valence-electron chi connectivity index (χ2n) is 5.27. The Morgan fingerprint density at radius 3 is 2.41 bits per heavy atom. The molecule has 2 rings (SSSR count). The third-order valence-corrected chi connectivity index (χ3v) is 5.68. The lowest BCUT2D eigenvalue weighted by molar-refractivity contribution is -0.124. The van der Waals surface area contributed by atoms with E-state index < -0.39 is 21.3 Å². The van der Waals surface area contributed by atoms with Crippen molar-refractivity contribution in [1.29, 1.82) is 0 Å². The van der Waals surface area contributed by atoms with Crippen LogP contribution in [0, 0.1) is 0 Å². The summed E-state index contributed by atoms with van der Waals surface area (Å²) in [6.07, 6.45) is 5.35. The average Bonchev–Trinajstić information content (AvgIpc) is 2.68. The molecule has 1 unspecified atom stereocenters. The highest BCUT2D eigenvalue weighted by molar-refractivity contribution is 7.91. The van der Waals surface area contributed by atoms with Crippen LogP contribution in [0.3, 0.4) is 0 Å². The molecule has 2 aliphatic rings. The van der Waals surface area contributed by atoms with Crippen molar-refractivity contribution < 1.29 is 13.2 Å². The highest BCUT2D eigenvalue weighted by atomic mass is 32.2. The van der Waals surface area contributed by atoms with Gasteiger partial charge in [-0.2, -0.15) is 0 Å². The van der Waals surface area contributed by atoms with E-state index in [2.05, 4.69) is 5.32 Å². The van der Waals surface area contributed by atoms with Crippen LogP contribution < -0.4 is 11.1 Å². The van der Waals surface area contributed by atoms with Gasteiger partial charge >= 0.3 is 0 Å². The van der Waals surface area contributed by atoms with Gasteiger partial charge in [-0.15, -0.1) is 0 Å². The zero-order valence-electron chi connectivity index (χ0n) is 9.94. The number of nitrogens with one attached hydrogen (secondary N) is 1. The van der Waals surface area contributed by atoms with E-state index in [1.165, 1.54) is 0 Å². The van der Waals surface area contributed by atoms with Crippen molar-refractivity contribution >= 4 is 15.7 Å². The third-order valence-electron chi connectivity index (χ3n) is 3.83. The van der Waals surface area contributed by atoms with E-state index in [1.807, 2.05) is 0 Å². The van der Waals surface area contributed by atoms with E-state index in [1.54, 1.807) is 0 Å². The number of hydrogen-bond donors (Lipinski definition) is 2. The highest BCUT2D eigenvalue weighted by Gasteiger charge is 2.45. The van der Waals surface area contributed by atoms with Crippen LogP contribution in [0.4, 0.5) is 0 Å². The molecule has 1 amide bonds. The summed E-state index contributed by atoms with van der Waals surface area (Å²) >= 11 is 0. The molecule has 0 radical (unpaired) electrons. The second kappa shape index (κ2) is 4.57. The molecule has 0 bridgehead atoms. The van der Waals surface area contributed by atoms with Gasteiger partial charge in [0.25, 0.3) is 0 Å². The van der Waals surface area contributed by atoms with Gasteiger partial charge in [0.2, 0.25) is 5.91 Å². The number of nitrogens with two attached hydrogens (primary N) is 1. The fraction of sp³-hybridized carbons (Fsp3) is 0.909. The quantitative estimate of drug-likeness (QED) is 0.744. The summed E-state index contributed by atoms with van der Waals surface area (Å²) in [5.41, 5.74) is 4.41. The average molecular weight is 260 g/mol. The van der Waals surface area contributed by atoms with Gasteiger partial charge in [0, 0.05) is 6.04 Å². The van der Waals surface area contributed by atoms with Gasteiger partial charge in [0.15, 0.2) is 9.84 Å². The van der Waals surface area contributed by atoms with E-state index in [4.69, 9.17) is 5.73 Å². The molecule has 3 N–H and O–H groups in total. The summed E-state index contributed by atoms with van der Waals surface area (Å²) < 4.78 is 23.4. The summed E-state index contributed by atoms with van der Waals surface area (Å²) in [6, 6.07) is 0.246. The van der Waals surface area contributed by atoms with Crippen molar-refractivity contribution in [2.24, 2.45) is 5.73 Å². The Bertz CT molecular complexity index is 401. The number of sulfone groups is 1. The fourth-order valence-electron chi connectivity index (χ4n) is 2.95. The van der Waals surface area contributed by atoms with Crippen LogP contribution in [-0.2, 0) is 14.6 Å². The lowest BCUT2D eigenvalue weighted by Crippen LogP contribution is -2.63. The van der Waals surface area contributed by atoms with Crippen molar-refractivity contribution in [3.63, 3.8) is 0 Å². The number of carbonyl (C=O) groups excluding carboxylic acids is 1. The molecular formula is C11H20N2O3S. The smallest absolute Gasteiger partial charge is 0.238 e. The zero-order chi connectivity index (χ0) is 12.5. The standard InChI is InChI=1S/C11H20N2O3S/c12-10(14)11(13-9-4-1-2-5-9)6-3-7-17(15,16)8-11/h9,13H,1-8H2,(H2,12,14). The van der Waals surface area contributed by atoms with Crippen LogP contribution >= 0.6 is 0 Å². The molecule has 1 saturated carbocycles. The van der Waals surface area contributed by atoms with E-state index in [0.717, 1.165) is 25.7 Å². The van der Waals surface area contributed by atoms with Crippen LogP contribution in [0.1, 0.15) is 38.5 Å². The molecule has 1 aliphatic heterocycles. The Balaban J connectivity index is 2.16. The maximum Gasteiger partial charge on any atom is 0.238 e. The first-order valence-corrected chi connectivity index (χ1v) is 8.04. The second-order valence-corrected chi connectivity index (χ2v) is 7.45. The molecule has 0 spiro atoms. The zero-order valence-corrected chi connectivity index (χ0v) is 10.8. The van der Waals surface area contributed by atoms with E-state index in [-0.39, 0.29) is 17.5 Å². The number of rotatable bonds is 3. The molecule has 0 aromatic rings. The molecule has 1 atom stereocenters. The predicted molar refractivity (Wildman–Crippen MR) is 65.2 cm³/mol. The van der Waals surface area contributed by atoms with Crippen LogP contribution in [0.2, 0.25) is 0 Å². The number of primary amides is 1. The van der Waals surface area contributed by atoms with Crippen LogP contribution in [0.5, 0.6) is 0 Å². The number of hydrogen-bond acceptors (Lipinski definition) is 4. The molecule has 5 nitrogen and oxygen atoms in total. The predicted octanol–water partition coefficient (Wildman–Crippen LogP) is -0.0487. The van der Waals surface area contributed by atoms with Gasteiger partial charge in [-0.25, -0.2) is 8.42 Å². The molecule has 1 aliphatic carbocycles. The summed E-state index contributed by atoms with van der Waals surface area (Å²) in [5.74, 6) is -0.479. The Morgan fingerprint density at radius 2 is 1.88 bits per heavy atom. The third kappa shape index (κ3) is 2.80. The molecule has 6 heteroatoms. The minimum Gasteiger partial charge on any atom is -0.368 e.